The molecular formula is C26H28ClFN4O2S. The molecule has 0 saturated carbocycles. The van der Waals surface area contributed by atoms with Crippen LogP contribution in [0.4, 0.5) is 4.39 Å². The number of rotatable bonds is 7. The van der Waals surface area contributed by atoms with Gasteiger partial charge in [-0.2, -0.15) is 0 Å². The lowest BCUT2D eigenvalue weighted by Gasteiger charge is -2.14. The molecule has 9 heteroatoms. The van der Waals surface area contributed by atoms with Gasteiger partial charge in [0.05, 0.1) is 10.6 Å². The minimum Gasteiger partial charge on any atom is -0.261 e. The molecule has 2 N–H and O–H groups in total. The molecule has 0 spiro atoms. The number of nitrogens with two attached hydrogens (primary N) is 1. The Kier molecular flexibility index (Phi) is 9.59. The highest BCUT2D eigenvalue weighted by atomic mass is 35.5. The first-order valence-electron chi connectivity index (χ1n) is 10.4. The zero-order valence-corrected chi connectivity index (χ0v) is 20.1. The van der Waals surface area contributed by atoms with E-state index in [-0.39, 0.29) is 36.5 Å². The predicted molar refractivity (Wildman–Crippen MR) is 138 cm³/mol. The fourth-order valence-corrected chi connectivity index (χ4v) is 4.19. The van der Waals surface area contributed by atoms with Crippen LogP contribution < -0.4 is 5.14 Å². The summed E-state index contributed by atoms with van der Waals surface area (Å²) in [5, 5.41) is 5.22. The Labute approximate surface area is 212 Å². The Morgan fingerprint density at radius 1 is 0.914 bits per heavy atom. The lowest BCUT2D eigenvalue weighted by atomic mass is 9.94. The molecule has 0 amide bonds. The second-order valence-electron chi connectivity index (χ2n) is 7.94. The lowest BCUT2D eigenvalue weighted by molar-refractivity contribution is 0.598. The van der Waals surface area contributed by atoms with Crippen LogP contribution >= 0.6 is 12.4 Å². The highest BCUT2D eigenvalue weighted by Crippen LogP contribution is 2.26. The van der Waals surface area contributed by atoms with Crippen LogP contribution in [-0.4, -0.2) is 23.4 Å². The molecule has 0 aliphatic heterocycles. The van der Waals surface area contributed by atoms with Crippen LogP contribution in [0.25, 0.3) is 11.1 Å². The summed E-state index contributed by atoms with van der Waals surface area (Å²) < 4.78 is 36.5. The van der Waals surface area contributed by atoms with E-state index in [4.69, 9.17) is 10.1 Å². The third-order valence-corrected chi connectivity index (χ3v) is 6.31. The van der Waals surface area contributed by atoms with E-state index in [9.17, 15) is 12.8 Å². The zero-order chi connectivity index (χ0) is 23.4. The molecule has 35 heavy (non-hydrogen) atoms. The van der Waals surface area contributed by atoms with Gasteiger partial charge in [-0.1, -0.05) is 38.6 Å². The van der Waals surface area contributed by atoms with Gasteiger partial charge in [0.15, 0.2) is 0 Å². The van der Waals surface area contributed by atoms with Crippen LogP contribution in [0.1, 0.15) is 42.9 Å². The predicted octanol–water partition coefficient (Wildman–Crippen LogP) is 5.32. The topological polar surface area (TPSA) is 98.8 Å². The Bertz CT molecular complexity index is 1350. The fourth-order valence-electron chi connectivity index (χ4n) is 3.68. The van der Waals surface area contributed by atoms with Gasteiger partial charge in [-0.15, -0.1) is 12.4 Å². The fraction of sp³-hybridized carbons (Fsp3) is 0.192. The first-order chi connectivity index (χ1) is 15.8. The Morgan fingerprint density at radius 3 is 2.17 bits per heavy atom. The van der Waals surface area contributed by atoms with Crippen molar-refractivity contribution in [3.63, 3.8) is 0 Å². The number of nitrogens with zero attached hydrogens (tertiary/aromatic N) is 3. The van der Waals surface area contributed by atoms with E-state index in [0.717, 1.165) is 33.8 Å². The highest BCUT2D eigenvalue weighted by molar-refractivity contribution is 7.89. The van der Waals surface area contributed by atoms with Gasteiger partial charge in [0.2, 0.25) is 10.0 Å². The maximum Gasteiger partial charge on any atom is 0.238 e. The molecule has 2 aromatic heterocycles. The van der Waals surface area contributed by atoms with Gasteiger partial charge >= 0.3 is 0 Å². The Morgan fingerprint density at radius 2 is 1.57 bits per heavy atom. The van der Waals surface area contributed by atoms with Gasteiger partial charge in [0.25, 0.3) is 0 Å². The van der Waals surface area contributed by atoms with Crippen LogP contribution in [0.15, 0.2) is 84.1 Å². The number of benzene rings is 2. The van der Waals surface area contributed by atoms with E-state index in [2.05, 4.69) is 16.9 Å². The minimum absolute atomic E-state index is 0. The summed E-state index contributed by atoms with van der Waals surface area (Å²) in [6, 6.07) is 16.9. The van der Waals surface area contributed by atoms with Crippen LogP contribution in [0.2, 0.25) is 0 Å². The molecule has 0 aliphatic carbocycles. The molecule has 0 aliphatic rings. The molecule has 2 heterocycles. The number of hydrogen-bond acceptors (Lipinski definition) is 5. The van der Waals surface area contributed by atoms with E-state index in [1.165, 1.54) is 24.3 Å². The van der Waals surface area contributed by atoms with Gasteiger partial charge in [-0.05, 0) is 65.4 Å². The smallest absolute Gasteiger partial charge is 0.238 e. The van der Waals surface area contributed by atoms with Gasteiger partial charge in [-0.25, -0.2) is 17.9 Å². The number of aromatic nitrogens is 3. The van der Waals surface area contributed by atoms with Crippen molar-refractivity contribution in [1.29, 1.82) is 0 Å². The summed E-state index contributed by atoms with van der Waals surface area (Å²) in [6.45, 7) is 2.07. The highest BCUT2D eigenvalue weighted by Gasteiger charge is 2.13. The summed E-state index contributed by atoms with van der Waals surface area (Å²) in [7, 11) is -3.76. The number of sulfonamides is 1. The second kappa shape index (κ2) is 12.0. The van der Waals surface area contributed by atoms with Crippen molar-refractivity contribution in [3.05, 3.63) is 108 Å². The summed E-state index contributed by atoms with van der Waals surface area (Å²) in [5.74, 6) is -0.136. The molecule has 1 atom stereocenters. The maximum atomic E-state index is 13.3. The molecule has 0 radical (unpaired) electrons. The SMILES string of the molecule is C.C[C@H](Cc1cc(-c2ccc(S(N)(=O)=O)cc2)cc(Cc2cnccn2)n1)c1ccc(F)cc1.Cl. The van der Waals surface area contributed by atoms with Gasteiger partial charge in [-0.3, -0.25) is 15.0 Å². The summed E-state index contributed by atoms with van der Waals surface area (Å²) in [4.78, 5) is 13.4. The molecule has 0 fully saturated rings. The normalized spacial score (nSPS) is 11.7. The first kappa shape index (κ1) is 28.0. The van der Waals surface area contributed by atoms with Crippen LogP contribution in [0.3, 0.4) is 0 Å². The van der Waals surface area contributed by atoms with Crippen molar-refractivity contribution in [2.45, 2.75) is 38.0 Å². The molecule has 0 saturated heterocycles. The van der Waals surface area contributed by atoms with E-state index >= 15 is 0 Å². The lowest BCUT2D eigenvalue weighted by Crippen LogP contribution is -2.11. The van der Waals surface area contributed by atoms with Crippen molar-refractivity contribution in [1.82, 2.24) is 15.0 Å². The molecule has 2 aromatic carbocycles. The quantitative estimate of drug-likeness (QED) is 0.360. The van der Waals surface area contributed by atoms with Crippen molar-refractivity contribution in [2.24, 2.45) is 5.14 Å². The Hall–Kier alpha value is -3.20. The standard InChI is InChI=1S/C25H23FN4O2S.CH4.ClH/c1-17(18-2-6-21(26)7-3-18)12-22-13-20(19-4-8-25(9-5-19)33(27,31)32)14-23(30-22)15-24-16-28-10-11-29-24;;/h2-11,13-14,16-17H,12,15H2,1H3,(H2,27,31,32);1H4;1H/t17-;;/m1../s1. The third kappa shape index (κ3) is 7.39. The number of pyridine rings is 1. The van der Waals surface area contributed by atoms with Crippen molar-refractivity contribution >= 4 is 22.4 Å². The van der Waals surface area contributed by atoms with Crippen molar-refractivity contribution < 1.29 is 12.8 Å². The Balaban J connectivity index is 0.00000216. The molecule has 0 bridgehead atoms. The van der Waals surface area contributed by atoms with Crippen molar-refractivity contribution in [2.75, 3.05) is 0 Å². The summed E-state index contributed by atoms with van der Waals surface area (Å²) in [5.41, 5.74) is 5.27. The largest absolute Gasteiger partial charge is 0.261 e. The van der Waals surface area contributed by atoms with Gasteiger partial charge in [0, 0.05) is 36.4 Å². The van der Waals surface area contributed by atoms with Gasteiger partial charge < -0.3 is 0 Å². The molecule has 4 aromatic rings. The minimum atomic E-state index is -3.76. The van der Waals surface area contributed by atoms with Gasteiger partial charge in [0.1, 0.15) is 5.82 Å². The van der Waals surface area contributed by atoms with E-state index < -0.39 is 10.0 Å². The monoisotopic (exact) mass is 514 g/mol. The van der Waals surface area contributed by atoms with Crippen LogP contribution in [0, 0.1) is 5.82 Å². The number of halogens is 2. The first-order valence-corrected chi connectivity index (χ1v) is 12.0. The number of hydrogen-bond donors (Lipinski definition) is 1. The molecule has 0 unspecified atom stereocenters. The third-order valence-electron chi connectivity index (χ3n) is 5.38. The average molecular weight is 515 g/mol. The molecule has 4 rings (SSSR count). The maximum absolute atomic E-state index is 13.3. The van der Waals surface area contributed by atoms with E-state index in [1.54, 1.807) is 42.9 Å². The summed E-state index contributed by atoms with van der Waals surface area (Å²) in [6.07, 6.45) is 6.13. The van der Waals surface area contributed by atoms with Crippen molar-refractivity contribution in [3.8, 4) is 11.1 Å². The zero-order valence-electron chi connectivity index (χ0n) is 18.4. The molecular weight excluding hydrogens is 487 g/mol. The van der Waals surface area contributed by atoms with E-state index in [0.29, 0.717) is 12.8 Å². The number of primary sulfonamides is 1. The summed E-state index contributed by atoms with van der Waals surface area (Å²) >= 11 is 0. The molecule has 184 valence electrons. The molecule has 6 nitrogen and oxygen atoms in total. The average Bonchev–Trinajstić information content (AvgIpc) is 2.79. The van der Waals surface area contributed by atoms with Crippen LogP contribution in [0.5, 0.6) is 0 Å². The van der Waals surface area contributed by atoms with Crippen LogP contribution in [-0.2, 0) is 22.9 Å². The second-order valence-corrected chi connectivity index (χ2v) is 9.50. The van der Waals surface area contributed by atoms with E-state index in [1.807, 2.05) is 12.1 Å².